The Kier molecular flexibility index (Phi) is 5.09. The molecule has 2 N–H and O–H groups in total. The number of anilines is 1. The molecular formula is C23H26FN3O4S. The minimum Gasteiger partial charge on any atom is -0.492 e. The molecule has 0 radical (unpaired) electrons. The van der Waals surface area contributed by atoms with Gasteiger partial charge in [0, 0.05) is 25.2 Å². The van der Waals surface area contributed by atoms with Crippen molar-refractivity contribution in [3.8, 4) is 5.75 Å². The van der Waals surface area contributed by atoms with Crippen molar-refractivity contribution in [2.75, 3.05) is 25.1 Å². The van der Waals surface area contributed by atoms with Gasteiger partial charge in [-0.2, -0.15) is 0 Å². The average Bonchev–Trinajstić information content (AvgIpc) is 3.34. The molecule has 2 fully saturated rings. The minimum atomic E-state index is -0.930. The summed E-state index contributed by atoms with van der Waals surface area (Å²) in [5.41, 5.74) is 6.38. The predicted octanol–water partition coefficient (Wildman–Crippen LogP) is 2.90. The summed E-state index contributed by atoms with van der Waals surface area (Å²) in [7, 11) is 1.47. The van der Waals surface area contributed by atoms with E-state index in [9.17, 15) is 14.4 Å². The Morgan fingerprint density at radius 2 is 2.03 bits per heavy atom. The zero-order chi connectivity index (χ0) is 22.9. The van der Waals surface area contributed by atoms with Crippen LogP contribution in [0, 0.1) is 11.7 Å². The highest BCUT2D eigenvalue weighted by molar-refractivity contribution is 8.02. The number of hydrogen-bond acceptors (Lipinski definition) is 7. The summed E-state index contributed by atoms with van der Waals surface area (Å²) >= 11 is 1.13. The van der Waals surface area contributed by atoms with E-state index in [1.165, 1.54) is 20.1 Å². The Balaban J connectivity index is 1.79. The fourth-order valence-electron chi connectivity index (χ4n) is 4.96. The third-order valence-electron chi connectivity index (χ3n) is 6.81. The Morgan fingerprint density at radius 3 is 2.59 bits per heavy atom. The van der Waals surface area contributed by atoms with E-state index < -0.39 is 22.3 Å². The number of benzene rings is 1. The maximum absolute atomic E-state index is 15.5. The number of hydrogen-bond donors (Lipinski definition) is 1. The highest BCUT2D eigenvalue weighted by atomic mass is 32.2. The van der Waals surface area contributed by atoms with Gasteiger partial charge in [0.1, 0.15) is 10.9 Å². The molecular weight excluding hydrogens is 433 g/mol. The summed E-state index contributed by atoms with van der Waals surface area (Å²) in [4.78, 5) is 40.3. The van der Waals surface area contributed by atoms with E-state index in [-0.39, 0.29) is 34.7 Å². The molecule has 5 rings (SSSR count). The summed E-state index contributed by atoms with van der Waals surface area (Å²) in [6.07, 6.45) is 2.62. The number of Topliss-reactive ketones (excluding diaryl/α,β-unsaturated/α-hetero) is 2. The summed E-state index contributed by atoms with van der Waals surface area (Å²) < 4.78 is 23.2. The molecule has 2 aromatic rings. The lowest BCUT2D eigenvalue weighted by Gasteiger charge is -2.26. The van der Waals surface area contributed by atoms with Gasteiger partial charge >= 0.3 is 0 Å². The smallest absolute Gasteiger partial charge is 0.201 e. The number of pyridine rings is 1. The normalized spacial score (nSPS) is 23.7. The van der Waals surface area contributed by atoms with Crippen LogP contribution in [0.2, 0.25) is 0 Å². The Hall–Kier alpha value is -2.39. The lowest BCUT2D eigenvalue weighted by Crippen LogP contribution is -2.30. The van der Waals surface area contributed by atoms with Crippen LogP contribution >= 0.6 is 11.8 Å². The van der Waals surface area contributed by atoms with E-state index in [0.717, 1.165) is 31.0 Å². The molecule has 1 aliphatic carbocycles. The van der Waals surface area contributed by atoms with Crippen LogP contribution in [0.1, 0.15) is 49.5 Å². The number of rotatable bonds is 5. The van der Waals surface area contributed by atoms with Crippen LogP contribution in [0.4, 0.5) is 10.1 Å². The van der Waals surface area contributed by atoms with E-state index >= 15 is 4.39 Å². The Labute approximate surface area is 189 Å². The highest BCUT2D eigenvalue weighted by Gasteiger charge is 2.43. The van der Waals surface area contributed by atoms with Crippen LogP contribution in [0.3, 0.4) is 0 Å². The number of thioether (sulfide) groups is 1. The molecule has 0 amide bonds. The van der Waals surface area contributed by atoms with E-state index in [0.29, 0.717) is 35.1 Å². The van der Waals surface area contributed by atoms with Gasteiger partial charge in [0.05, 0.1) is 28.6 Å². The van der Waals surface area contributed by atoms with Crippen molar-refractivity contribution in [3.63, 3.8) is 0 Å². The second kappa shape index (κ2) is 7.59. The van der Waals surface area contributed by atoms with Gasteiger partial charge in [0.15, 0.2) is 23.1 Å². The molecule has 9 heteroatoms. The molecule has 3 aliphatic rings. The average molecular weight is 460 g/mol. The number of halogens is 1. The van der Waals surface area contributed by atoms with E-state index in [2.05, 4.69) is 0 Å². The first kappa shape index (κ1) is 21.5. The second-order valence-electron chi connectivity index (χ2n) is 9.07. The van der Waals surface area contributed by atoms with Crippen molar-refractivity contribution in [2.24, 2.45) is 11.7 Å². The molecule has 3 heterocycles. The van der Waals surface area contributed by atoms with Crippen LogP contribution in [0.15, 0.2) is 15.9 Å². The maximum Gasteiger partial charge on any atom is 0.201 e. The number of aromatic nitrogens is 1. The van der Waals surface area contributed by atoms with Gasteiger partial charge < -0.3 is 19.9 Å². The molecule has 170 valence electrons. The fraction of sp³-hybridized carbons (Fsp3) is 0.522. The monoisotopic (exact) mass is 459 g/mol. The zero-order valence-corrected chi connectivity index (χ0v) is 19.1. The summed E-state index contributed by atoms with van der Waals surface area (Å²) in [6.45, 7) is 4.56. The van der Waals surface area contributed by atoms with Gasteiger partial charge in [-0.05, 0) is 45.1 Å². The van der Waals surface area contributed by atoms with Gasteiger partial charge in [-0.25, -0.2) is 4.39 Å². The number of ether oxygens (including phenoxy) is 1. The quantitative estimate of drug-likeness (QED) is 0.687. The third kappa shape index (κ3) is 3.08. The van der Waals surface area contributed by atoms with Crippen molar-refractivity contribution < 1.29 is 18.7 Å². The van der Waals surface area contributed by atoms with Gasteiger partial charge in [0.2, 0.25) is 5.43 Å². The second-order valence-corrected chi connectivity index (χ2v) is 10.2. The predicted molar refractivity (Wildman–Crippen MR) is 122 cm³/mol. The number of fused-ring (bicyclic) bond motifs is 2. The molecule has 0 bridgehead atoms. The van der Waals surface area contributed by atoms with Gasteiger partial charge in [-0.1, -0.05) is 11.8 Å². The van der Waals surface area contributed by atoms with E-state index in [1.54, 1.807) is 0 Å². The van der Waals surface area contributed by atoms with Crippen LogP contribution in [-0.4, -0.2) is 47.6 Å². The van der Waals surface area contributed by atoms with Crippen molar-refractivity contribution in [3.05, 3.63) is 27.7 Å². The molecule has 2 aliphatic heterocycles. The van der Waals surface area contributed by atoms with Crippen LogP contribution in [0.5, 0.6) is 5.75 Å². The van der Waals surface area contributed by atoms with Crippen LogP contribution in [-0.2, 0) is 4.79 Å². The number of carbonyl (C=O) groups excluding carboxylic acids is 2. The Morgan fingerprint density at radius 1 is 1.31 bits per heavy atom. The highest BCUT2D eigenvalue weighted by Crippen LogP contribution is 2.49. The fourth-order valence-corrected chi connectivity index (χ4v) is 6.24. The van der Waals surface area contributed by atoms with Crippen molar-refractivity contribution in [1.29, 1.82) is 0 Å². The number of ketones is 2. The minimum absolute atomic E-state index is 0.00185. The molecule has 1 saturated carbocycles. The first-order valence-electron chi connectivity index (χ1n) is 10.9. The molecule has 3 atom stereocenters. The topological polar surface area (TPSA) is 94.6 Å². The van der Waals surface area contributed by atoms with Crippen molar-refractivity contribution in [1.82, 2.24) is 4.57 Å². The summed E-state index contributed by atoms with van der Waals surface area (Å²) in [5, 5.41) is -0.309. The lowest BCUT2D eigenvalue weighted by atomic mass is 10.0. The van der Waals surface area contributed by atoms with Crippen molar-refractivity contribution >= 4 is 39.9 Å². The number of nitrogens with two attached hydrogens (primary N) is 1. The number of nitrogens with zero attached hydrogens (tertiary/aromatic N) is 2. The van der Waals surface area contributed by atoms with Gasteiger partial charge in [-0.3, -0.25) is 14.4 Å². The molecule has 1 saturated heterocycles. The molecule has 1 aromatic heterocycles. The maximum atomic E-state index is 15.5. The first-order chi connectivity index (χ1) is 15.2. The summed E-state index contributed by atoms with van der Waals surface area (Å²) in [5.74, 6) is -0.789. The molecule has 7 nitrogen and oxygen atoms in total. The molecule has 32 heavy (non-hydrogen) atoms. The van der Waals surface area contributed by atoms with Crippen molar-refractivity contribution in [2.45, 2.75) is 55.5 Å². The molecule has 0 spiro atoms. The van der Waals surface area contributed by atoms with E-state index in [1.807, 2.05) is 16.4 Å². The number of carbonyl (C=O) groups is 2. The molecule has 1 unspecified atom stereocenters. The van der Waals surface area contributed by atoms with E-state index in [4.69, 9.17) is 10.5 Å². The molecule has 1 aromatic carbocycles. The lowest BCUT2D eigenvalue weighted by molar-refractivity contribution is -0.115. The zero-order valence-electron chi connectivity index (χ0n) is 18.3. The largest absolute Gasteiger partial charge is 0.492 e. The van der Waals surface area contributed by atoms with Crippen LogP contribution < -0.4 is 20.8 Å². The van der Waals surface area contributed by atoms with Crippen LogP contribution in [0.25, 0.3) is 10.9 Å². The van der Waals surface area contributed by atoms with Gasteiger partial charge in [0.25, 0.3) is 0 Å². The summed E-state index contributed by atoms with van der Waals surface area (Å²) in [6, 6.07) is 1.31. The third-order valence-corrected chi connectivity index (χ3v) is 8.22. The standard InChI is InChI=1S/C23H26FN3O4S/c1-10(25)12-6-7-26(9-12)18-15(24)8-14-17(21(18)31-3)27(13-4-5-13)23-16(19(14)29)20(30)22(32-23)11(2)28/h8,10,12-13,22H,4-7,9,25H2,1-3H3/t10-,12+,22?/m1/s1. The first-order valence-corrected chi connectivity index (χ1v) is 11.8. The van der Waals surface area contributed by atoms with Gasteiger partial charge in [-0.15, -0.1) is 0 Å². The Bertz CT molecular complexity index is 1220. The number of methoxy groups -OCH3 is 1. The SMILES string of the molecule is COc1c(N2CC[C@H]([C@@H](C)N)C2)c(F)cc2c(=O)c3c(n(C4CC4)c12)SC(C(C)=O)C3=O.